The van der Waals surface area contributed by atoms with Crippen LogP contribution < -0.4 is 0 Å². The zero-order chi connectivity index (χ0) is 7.28. The van der Waals surface area contributed by atoms with E-state index < -0.39 is 0 Å². The summed E-state index contributed by atoms with van der Waals surface area (Å²) in [5, 5.41) is 0. The van der Waals surface area contributed by atoms with Crippen molar-refractivity contribution in [2.75, 3.05) is 20.1 Å². The Kier molecular flexibility index (Phi) is 8.92. The predicted octanol–water partition coefficient (Wildman–Crippen LogP) is 2.62. The minimum atomic E-state index is 0. The molecule has 1 aliphatic rings. The molecule has 1 heterocycles. The number of hydrogen-bond donors (Lipinski definition) is 0. The Morgan fingerprint density at radius 1 is 1.30 bits per heavy atom. The number of hydrogen-bond acceptors (Lipinski definition) is 1. The highest BCUT2D eigenvalue weighted by Crippen LogP contribution is 2.11. The molecule has 1 heteroatoms. The Balaban J connectivity index is 0. The van der Waals surface area contributed by atoms with Gasteiger partial charge in [0, 0.05) is 6.54 Å². The quantitative estimate of drug-likeness (QED) is 0.506. The van der Waals surface area contributed by atoms with Gasteiger partial charge in [0.25, 0.3) is 0 Å². The van der Waals surface area contributed by atoms with E-state index in [-0.39, 0.29) is 7.43 Å². The second kappa shape index (κ2) is 7.07. The van der Waals surface area contributed by atoms with Crippen molar-refractivity contribution in [2.24, 2.45) is 5.92 Å². The maximum Gasteiger partial charge on any atom is 0.000445 e. The second-order valence-corrected chi connectivity index (χ2v) is 2.66. The lowest BCUT2D eigenvalue weighted by atomic mass is 10.2. The van der Waals surface area contributed by atoms with Gasteiger partial charge < -0.3 is 4.90 Å². The largest absolute Gasteiger partial charge is 0.306 e. The van der Waals surface area contributed by atoms with Crippen LogP contribution in [-0.4, -0.2) is 25.0 Å². The summed E-state index contributed by atoms with van der Waals surface area (Å²) in [5.41, 5.74) is 0. The molecule has 1 unspecified atom stereocenters. The van der Waals surface area contributed by atoms with Crippen LogP contribution in [0.15, 0.2) is 0 Å². The van der Waals surface area contributed by atoms with Crippen molar-refractivity contribution in [3.8, 4) is 0 Å². The molecule has 0 aliphatic carbocycles. The molecule has 1 aliphatic heterocycles. The number of likely N-dealkylation sites (tertiary alicyclic amines) is 1. The summed E-state index contributed by atoms with van der Waals surface area (Å²) in [6, 6.07) is 0. The van der Waals surface area contributed by atoms with E-state index in [1.165, 1.54) is 19.5 Å². The first-order valence-electron chi connectivity index (χ1n) is 3.97. The van der Waals surface area contributed by atoms with Gasteiger partial charge in [-0.1, -0.05) is 28.2 Å². The lowest BCUT2D eigenvalue weighted by molar-refractivity contribution is 0.402. The molecule has 0 saturated carbocycles. The minimum Gasteiger partial charge on any atom is -0.306 e. The normalized spacial score (nSPS) is 24.6. The highest BCUT2D eigenvalue weighted by atomic mass is 15.1. The fraction of sp³-hybridized carbons (Fsp3) is 1.00. The fourth-order valence-corrected chi connectivity index (χ4v) is 1.16. The van der Waals surface area contributed by atoms with Crippen LogP contribution in [-0.2, 0) is 0 Å². The van der Waals surface area contributed by atoms with Crippen molar-refractivity contribution in [1.82, 2.24) is 4.90 Å². The van der Waals surface area contributed by atoms with Gasteiger partial charge in [-0.15, -0.1) is 0 Å². The summed E-state index contributed by atoms with van der Waals surface area (Å²) in [5.74, 6) is 0.949. The van der Waals surface area contributed by atoms with E-state index >= 15 is 0 Å². The molecule has 0 N–H and O–H groups in total. The van der Waals surface area contributed by atoms with Gasteiger partial charge in [-0.05, 0) is 25.9 Å². The van der Waals surface area contributed by atoms with E-state index in [4.69, 9.17) is 0 Å². The molecule has 1 fully saturated rings. The second-order valence-electron chi connectivity index (χ2n) is 2.66. The summed E-state index contributed by atoms with van der Waals surface area (Å²) in [7, 11) is 2.18. The van der Waals surface area contributed by atoms with Crippen LogP contribution in [0.3, 0.4) is 0 Å². The van der Waals surface area contributed by atoms with Crippen molar-refractivity contribution < 1.29 is 0 Å². The standard InChI is InChI=1S/C6H13N.C2H6.CH4/c1-6-3-4-7(2)5-6;1-2;/h6H,3-5H2,1-2H3;1-2H3;1H4. The number of nitrogens with zero attached hydrogens (tertiary/aromatic N) is 1. The summed E-state index contributed by atoms with van der Waals surface area (Å²) >= 11 is 0. The molecule has 1 saturated heterocycles. The average Bonchev–Trinajstić information content (AvgIpc) is 2.20. The van der Waals surface area contributed by atoms with E-state index in [0.717, 1.165) is 5.92 Å². The van der Waals surface area contributed by atoms with Crippen molar-refractivity contribution >= 4 is 0 Å². The first-order valence-corrected chi connectivity index (χ1v) is 3.97. The summed E-state index contributed by atoms with van der Waals surface area (Å²) in [4.78, 5) is 2.38. The molecule has 0 bridgehead atoms. The molecular formula is C9H23N. The summed E-state index contributed by atoms with van der Waals surface area (Å²) in [6.45, 7) is 8.92. The Morgan fingerprint density at radius 2 is 1.80 bits per heavy atom. The third-order valence-electron chi connectivity index (χ3n) is 1.63. The molecule has 10 heavy (non-hydrogen) atoms. The SMILES string of the molecule is C.CC.CC1CCN(C)C1. The maximum absolute atomic E-state index is 2.38. The van der Waals surface area contributed by atoms with E-state index in [0.29, 0.717) is 0 Å². The Bertz CT molecular complexity index is 53.7. The van der Waals surface area contributed by atoms with Crippen LogP contribution in [0.5, 0.6) is 0 Å². The van der Waals surface area contributed by atoms with Crippen LogP contribution in [0.25, 0.3) is 0 Å². The molecule has 0 amide bonds. The Morgan fingerprint density at radius 3 is 1.90 bits per heavy atom. The molecule has 1 nitrogen and oxygen atoms in total. The monoisotopic (exact) mass is 145 g/mol. The first kappa shape index (κ1) is 12.6. The highest BCUT2D eigenvalue weighted by Gasteiger charge is 2.13. The molecule has 0 radical (unpaired) electrons. The van der Waals surface area contributed by atoms with Gasteiger partial charge in [0.15, 0.2) is 0 Å². The molecule has 64 valence electrons. The van der Waals surface area contributed by atoms with Crippen LogP contribution in [0.4, 0.5) is 0 Å². The summed E-state index contributed by atoms with van der Waals surface area (Å²) < 4.78 is 0. The summed E-state index contributed by atoms with van der Waals surface area (Å²) in [6.07, 6.45) is 1.40. The molecule has 0 aromatic rings. The zero-order valence-corrected chi connectivity index (χ0v) is 7.15. The van der Waals surface area contributed by atoms with Gasteiger partial charge in [-0.2, -0.15) is 0 Å². The Labute approximate surface area is 66.4 Å². The van der Waals surface area contributed by atoms with Crippen LogP contribution >= 0.6 is 0 Å². The third kappa shape index (κ3) is 4.80. The maximum atomic E-state index is 2.38. The van der Waals surface area contributed by atoms with Crippen LogP contribution in [0.2, 0.25) is 0 Å². The van der Waals surface area contributed by atoms with Gasteiger partial charge in [0.1, 0.15) is 0 Å². The van der Waals surface area contributed by atoms with Gasteiger partial charge in [-0.25, -0.2) is 0 Å². The fourth-order valence-electron chi connectivity index (χ4n) is 1.16. The van der Waals surface area contributed by atoms with E-state index in [9.17, 15) is 0 Å². The van der Waals surface area contributed by atoms with Gasteiger partial charge >= 0.3 is 0 Å². The van der Waals surface area contributed by atoms with Crippen LogP contribution in [0.1, 0.15) is 34.6 Å². The molecule has 0 aromatic carbocycles. The van der Waals surface area contributed by atoms with Gasteiger partial charge in [0.05, 0.1) is 0 Å². The minimum absolute atomic E-state index is 0. The zero-order valence-electron chi connectivity index (χ0n) is 7.15. The molecule has 1 rings (SSSR count). The van der Waals surface area contributed by atoms with Gasteiger partial charge in [0.2, 0.25) is 0 Å². The third-order valence-corrected chi connectivity index (χ3v) is 1.63. The van der Waals surface area contributed by atoms with Crippen LogP contribution in [0, 0.1) is 5.92 Å². The van der Waals surface area contributed by atoms with Gasteiger partial charge in [-0.3, -0.25) is 0 Å². The average molecular weight is 145 g/mol. The number of rotatable bonds is 0. The Hall–Kier alpha value is -0.0400. The van der Waals surface area contributed by atoms with Crippen molar-refractivity contribution in [2.45, 2.75) is 34.6 Å². The lowest BCUT2D eigenvalue weighted by Crippen LogP contribution is -2.12. The van der Waals surface area contributed by atoms with Crippen molar-refractivity contribution in [3.05, 3.63) is 0 Å². The first-order chi connectivity index (χ1) is 4.29. The van der Waals surface area contributed by atoms with E-state index in [2.05, 4.69) is 18.9 Å². The highest BCUT2D eigenvalue weighted by molar-refractivity contribution is 4.67. The molecule has 0 aromatic heterocycles. The smallest absolute Gasteiger partial charge is 0.000445 e. The molecular weight excluding hydrogens is 122 g/mol. The topological polar surface area (TPSA) is 3.24 Å². The molecule has 1 atom stereocenters. The lowest BCUT2D eigenvalue weighted by Gasteiger charge is -2.03. The van der Waals surface area contributed by atoms with E-state index in [1.54, 1.807) is 0 Å². The predicted molar refractivity (Wildman–Crippen MR) is 49.4 cm³/mol. The van der Waals surface area contributed by atoms with Crippen molar-refractivity contribution in [1.29, 1.82) is 0 Å². The van der Waals surface area contributed by atoms with E-state index in [1.807, 2.05) is 13.8 Å². The molecule has 0 spiro atoms. The van der Waals surface area contributed by atoms with Crippen molar-refractivity contribution in [3.63, 3.8) is 0 Å².